The molecule has 0 spiro atoms. The van der Waals surface area contributed by atoms with Gasteiger partial charge >= 0.3 is 0 Å². The zero-order chi connectivity index (χ0) is 18.2. The molecule has 0 aliphatic heterocycles. The monoisotopic (exact) mass is 354 g/mol. The molecule has 0 saturated heterocycles. The standard InChI is InChI=1S/C17H30N4O2S/c1-17(2,3)14(23-6)11-19-16(20-12-15(22)21(4)5)18-10-13-8-7-9-24-13/h7-9,14H,10-12H2,1-6H3,(H2,18,19,20). The fourth-order valence-electron chi connectivity index (χ4n) is 1.98. The van der Waals surface area contributed by atoms with Crippen LogP contribution in [-0.4, -0.2) is 57.2 Å². The van der Waals surface area contributed by atoms with E-state index in [9.17, 15) is 4.79 Å². The van der Waals surface area contributed by atoms with Crippen LogP contribution < -0.4 is 10.6 Å². The van der Waals surface area contributed by atoms with Gasteiger partial charge in [-0.15, -0.1) is 11.3 Å². The summed E-state index contributed by atoms with van der Waals surface area (Å²) in [6.45, 7) is 7.80. The number of nitrogens with zero attached hydrogens (tertiary/aromatic N) is 2. The van der Waals surface area contributed by atoms with E-state index in [4.69, 9.17) is 4.74 Å². The highest BCUT2D eigenvalue weighted by molar-refractivity contribution is 7.09. The third kappa shape index (κ3) is 7.31. The second kappa shape index (κ2) is 9.64. The predicted octanol–water partition coefficient (Wildman–Crippen LogP) is 1.93. The number of carbonyl (C=O) groups is 1. The van der Waals surface area contributed by atoms with Crippen molar-refractivity contribution >= 4 is 23.2 Å². The van der Waals surface area contributed by atoms with Crippen molar-refractivity contribution in [2.24, 2.45) is 10.4 Å². The van der Waals surface area contributed by atoms with Gasteiger partial charge in [0.05, 0.1) is 12.6 Å². The van der Waals surface area contributed by atoms with Gasteiger partial charge in [0.25, 0.3) is 0 Å². The van der Waals surface area contributed by atoms with Crippen LogP contribution in [0.15, 0.2) is 22.5 Å². The number of hydrogen-bond donors (Lipinski definition) is 2. The normalized spacial score (nSPS) is 13.5. The van der Waals surface area contributed by atoms with E-state index >= 15 is 0 Å². The summed E-state index contributed by atoms with van der Waals surface area (Å²) in [5.41, 5.74) is 0.0140. The number of carbonyl (C=O) groups excluding carboxylic acids is 1. The topological polar surface area (TPSA) is 66.0 Å². The van der Waals surface area contributed by atoms with Gasteiger partial charge in [0.1, 0.15) is 6.54 Å². The van der Waals surface area contributed by atoms with Crippen LogP contribution in [0.5, 0.6) is 0 Å². The molecular formula is C17H30N4O2S. The third-order valence-electron chi connectivity index (χ3n) is 3.59. The Morgan fingerprint density at radius 3 is 2.58 bits per heavy atom. The zero-order valence-corrected chi connectivity index (χ0v) is 16.4. The lowest BCUT2D eigenvalue weighted by molar-refractivity contribution is -0.127. The summed E-state index contributed by atoms with van der Waals surface area (Å²) in [5, 5.41) is 8.59. The first-order valence-corrected chi connectivity index (χ1v) is 8.89. The highest BCUT2D eigenvalue weighted by Crippen LogP contribution is 2.20. The molecule has 1 unspecified atom stereocenters. The first kappa shape index (κ1) is 20.4. The van der Waals surface area contributed by atoms with Gasteiger partial charge in [-0.05, 0) is 16.9 Å². The molecule has 0 bridgehead atoms. The van der Waals surface area contributed by atoms with E-state index in [1.807, 2.05) is 11.4 Å². The van der Waals surface area contributed by atoms with Crippen LogP contribution in [0.3, 0.4) is 0 Å². The minimum atomic E-state index is -0.0358. The number of aliphatic imine (C=N–C) groups is 1. The van der Waals surface area contributed by atoms with Gasteiger partial charge in [-0.25, -0.2) is 4.99 Å². The number of rotatable bonds is 7. The molecule has 0 aliphatic carbocycles. The van der Waals surface area contributed by atoms with Crippen molar-refractivity contribution in [3.05, 3.63) is 22.4 Å². The maximum Gasteiger partial charge on any atom is 0.243 e. The summed E-state index contributed by atoms with van der Waals surface area (Å²) in [6.07, 6.45) is 0.0378. The van der Waals surface area contributed by atoms with E-state index < -0.39 is 0 Å². The van der Waals surface area contributed by atoms with Crippen LogP contribution in [0.25, 0.3) is 0 Å². The SMILES string of the molecule is COC(CNC(=NCC(=O)N(C)C)NCc1cccs1)C(C)(C)C. The molecule has 1 heterocycles. The molecule has 2 N–H and O–H groups in total. The maximum absolute atomic E-state index is 11.8. The van der Waals surface area contributed by atoms with E-state index in [-0.39, 0.29) is 24.0 Å². The van der Waals surface area contributed by atoms with Crippen LogP contribution in [-0.2, 0) is 16.1 Å². The van der Waals surface area contributed by atoms with Gasteiger partial charge in [0, 0.05) is 32.6 Å². The molecule has 7 heteroatoms. The number of amides is 1. The Kier molecular flexibility index (Phi) is 8.21. The Morgan fingerprint density at radius 1 is 1.38 bits per heavy atom. The average Bonchev–Trinajstić information content (AvgIpc) is 3.01. The van der Waals surface area contributed by atoms with Gasteiger partial charge in [0.2, 0.25) is 5.91 Å². The van der Waals surface area contributed by atoms with E-state index in [2.05, 4.69) is 42.5 Å². The second-order valence-corrected chi connectivity index (χ2v) is 7.89. The van der Waals surface area contributed by atoms with E-state index in [1.54, 1.807) is 32.5 Å². The van der Waals surface area contributed by atoms with Crippen molar-refractivity contribution in [3.63, 3.8) is 0 Å². The van der Waals surface area contributed by atoms with Crippen LogP contribution in [0.1, 0.15) is 25.6 Å². The average molecular weight is 355 g/mol. The number of guanidine groups is 1. The number of thiophene rings is 1. The van der Waals surface area contributed by atoms with Crippen molar-refractivity contribution in [2.45, 2.75) is 33.4 Å². The van der Waals surface area contributed by atoms with Gasteiger partial charge in [-0.3, -0.25) is 4.79 Å². The molecule has 6 nitrogen and oxygen atoms in total. The summed E-state index contributed by atoms with van der Waals surface area (Å²) in [5.74, 6) is 0.580. The third-order valence-corrected chi connectivity index (χ3v) is 4.46. The van der Waals surface area contributed by atoms with Crippen molar-refractivity contribution in [2.75, 3.05) is 34.3 Å². The highest BCUT2D eigenvalue weighted by Gasteiger charge is 2.24. The number of likely N-dealkylation sites (N-methyl/N-ethyl adjacent to an activating group) is 1. The molecule has 1 aromatic heterocycles. The molecule has 1 rings (SSSR count). The summed E-state index contributed by atoms with van der Waals surface area (Å²) in [7, 11) is 5.16. The van der Waals surface area contributed by atoms with Crippen molar-refractivity contribution in [3.8, 4) is 0 Å². The minimum Gasteiger partial charge on any atom is -0.379 e. The largest absolute Gasteiger partial charge is 0.379 e. The quantitative estimate of drug-likeness (QED) is 0.580. The molecule has 0 saturated carbocycles. The highest BCUT2D eigenvalue weighted by atomic mass is 32.1. The van der Waals surface area contributed by atoms with Crippen LogP contribution in [0.2, 0.25) is 0 Å². The number of ether oxygens (including phenoxy) is 1. The fourth-order valence-corrected chi connectivity index (χ4v) is 2.62. The molecule has 0 fully saturated rings. The van der Waals surface area contributed by atoms with Gasteiger partial charge < -0.3 is 20.3 Å². The van der Waals surface area contributed by atoms with Crippen molar-refractivity contribution in [1.29, 1.82) is 0 Å². The molecule has 1 atom stereocenters. The van der Waals surface area contributed by atoms with E-state index in [1.165, 1.54) is 9.78 Å². The zero-order valence-electron chi connectivity index (χ0n) is 15.5. The Morgan fingerprint density at radius 2 is 2.08 bits per heavy atom. The lowest BCUT2D eigenvalue weighted by Crippen LogP contribution is -2.45. The summed E-state index contributed by atoms with van der Waals surface area (Å²) in [6, 6.07) is 4.08. The predicted molar refractivity (Wildman–Crippen MR) is 100 cm³/mol. The van der Waals surface area contributed by atoms with E-state index in [0.29, 0.717) is 19.0 Å². The first-order chi connectivity index (χ1) is 11.2. The van der Waals surface area contributed by atoms with Crippen molar-refractivity contribution < 1.29 is 9.53 Å². The molecule has 0 radical (unpaired) electrons. The lowest BCUT2D eigenvalue weighted by atomic mass is 9.89. The smallest absolute Gasteiger partial charge is 0.243 e. The Balaban J connectivity index is 2.68. The molecular weight excluding hydrogens is 324 g/mol. The number of methoxy groups -OCH3 is 1. The van der Waals surface area contributed by atoms with Crippen LogP contribution >= 0.6 is 11.3 Å². The molecule has 0 aliphatic rings. The fraction of sp³-hybridized carbons (Fsp3) is 0.647. The van der Waals surface area contributed by atoms with Gasteiger partial charge in [-0.2, -0.15) is 0 Å². The maximum atomic E-state index is 11.8. The summed E-state index contributed by atoms with van der Waals surface area (Å²) < 4.78 is 5.56. The van der Waals surface area contributed by atoms with Gasteiger partial charge in [-0.1, -0.05) is 26.8 Å². The minimum absolute atomic E-state index is 0.0140. The lowest BCUT2D eigenvalue weighted by Gasteiger charge is -2.30. The molecule has 1 aromatic rings. The van der Waals surface area contributed by atoms with Crippen molar-refractivity contribution in [1.82, 2.24) is 15.5 Å². The van der Waals surface area contributed by atoms with Crippen LogP contribution in [0, 0.1) is 5.41 Å². The van der Waals surface area contributed by atoms with Gasteiger partial charge in [0.15, 0.2) is 5.96 Å². The van der Waals surface area contributed by atoms with Crippen LogP contribution in [0.4, 0.5) is 0 Å². The number of hydrogen-bond acceptors (Lipinski definition) is 4. The first-order valence-electron chi connectivity index (χ1n) is 8.01. The Labute approximate surface area is 149 Å². The van der Waals surface area contributed by atoms with E-state index in [0.717, 1.165) is 0 Å². The number of nitrogens with one attached hydrogen (secondary N) is 2. The second-order valence-electron chi connectivity index (χ2n) is 6.86. The molecule has 0 aromatic carbocycles. The molecule has 24 heavy (non-hydrogen) atoms. The summed E-state index contributed by atoms with van der Waals surface area (Å²) >= 11 is 1.68. The molecule has 136 valence electrons. The molecule has 1 amide bonds. The Bertz CT molecular complexity index is 521. The Hall–Kier alpha value is -1.60. The summed E-state index contributed by atoms with van der Waals surface area (Å²) in [4.78, 5) is 18.9.